The van der Waals surface area contributed by atoms with Gasteiger partial charge in [-0.15, -0.1) is 0 Å². The van der Waals surface area contributed by atoms with Crippen molar-refractivity contribution in [2.45, 2.75) is 25.8 Å². The Balaban J connectivity index is 1.62. The number of non-ortho nitro benzene ring substituents is 1. The summed E-state index contributed by atoms with van der Waals surface area (Å²) in [5.74, 6) is -0.485. The fourth-order valence-electron chi connectivity index (χ4n) is 2.45. The molecular weight excluding hydrogens is 346 g/mol. The summed E-state index contributed by atoms with van der Waals surface area (Å²) in [6, 6.07) is 11.5. The highest BCUT2D eigenvalue weighted by atomic mass is 16.6. The third-order valence-electron chi connectivity index (χ3n) is 4.20. The topological polar surface area (TPSA) is 101 Å². The molecule has 0 unspecified atom stereocenters. The molecule has 2 N–H and O–H groups in total. The van der Waals surface area contributed by atoms with Crippen molar-refractivity contribution in [2.24, 2.45) is 0 Å². The number of benzene rings is 2. The molecular formula is C20H19N3O4. The van der Waals surface area contributed by atoms with Crippen molar-refractivity contribution in [3.8, 4) is 0 Å². The second-order valence-corrected chi connectivity index (χ2v) is 6.45. The smallest absolute Gasteiger partial charge is 0.271 e. The van der Waals surface area contributed by atoms with Gasteiger partial charge in [0.15, 0.2) is 0 Å². The van der Waals surface area contributed by atoms with Crippen LogP contribution >= 0.6 is 0 Å². The van der Waals surface area contributed by atoms with Crippen LogP contribution in [-0.2, 0) is 4.79 Å². The van der Waals surface area contributed by atoms with Gasteiger partial charge in [-0.3, -0.25) is 19.7 Å². The first-order chi connectivity index (χ1) is 12.9. The molecule has 1 aliphatic carbocycles. The largest absolute Gasteiger partial charge is 0.349 e. The molecule has 2 amide bonds. The molecule has 138 valence electrons. The van der Waals surface area contributed by atoms with Crippen LogP contribution in [0.4, 0.5) is 11.4 Å². The summed E-state index contributed by atoms with van der Waals surface area (Å²) in [6.45, 7) is 1.76. The molecule has 7 nitrogen and oxygen atoms in total. The highest BCUT2D eigenvalue weighted by molar-refractivity contribution is 6.02. The van der Waals surface area contributed by atoms with Crippen molar-refractivity contribution >= 4 is 29.3 Å². The van der Waals surface area contributed by atoms with Crippen LogP contribution in [0, 0.1) is 17.0 Å². The number of anilines is 1. The predicted molar refractivity (Wildman–Crippen MR) is 102 cm³/mol. The number of nitrogens with zero attached hydrogens (tertiary/aromatic N) is 1. The van der Waals surface area contributed by atoms with Gasteiger partial charge in [-0.05, 0) is 49.1 Å². The maximum absolute atomic E-state index is 12.1. The summed E-state index contributed by atoms with van der Waals surface area (Å²) >= 11 is 0. The van der Waals surface area contributed by atoms with Gasteiger partial charge in [0, 0.05) is 29.8 Å². The van der Waals surface area contributed by atoms with Gasteiger partial charge in [0.25, 0.3) is 11.6 Å². The zero-order chi connectivity index (χ0) is 19.4. The molecule has 0 atom stereocenters. The van der Waals surface area contributed by atoms with Crippen LogP contribution in [0.1, 0.15) is 34.3 Å². The molecule has 2 aromatic carbocycles. The SMILES string of the molecule is Cc1ccc([N+](=O)[O-])cc1NC(=O)C=Cc1ccc(C(=O)NC2CC2)cc1. The number of nitro groups is 1. The van der Waals surface area contributed by atoms with Crippen molar-refractivity contribution in [3.63, 3.8) is 0 Å². The minimum Gasteiger partial charge on any atom is -0.349 e. The predicted octanol–water partition coefficient (Wildman–Crippen LogP) is 3.45. The van der Waals surface area contributed by atoms with Gasteiger partial charge in [-0.25, -0.2) is 0 Å². The number of rotatable bonds is 6. The Morgan fingerprint density at radius 3 is 2.48 bits per heavy atom. The first-order valence-electron chi connectivity index (χ1n) is 8.57. The Morgan fingerprint density at radius 1 is 1.15 bits per heavy atom. The van der Waals surface area contributed by atoms with E-state index in [-0.39, 0.29) is 11.6 Å². The van der Waals surface area contributed by atoms with Gasteiger partial charge in [-0.2, -0.15) is 0 Å². The van der Waals surface area contributed by atoms with Crippen LogP contribution in [0.25, 0.3) is 6.08 Å². The minimum atomic E-state index is -0.508. The Bertz CT molecular complexity index is 915. The molecule has 0 aromatic heterocycles. The molecule has 0 bridgehead atoms. The summed E-state index contributed by atoms with van der Waals surface area (Å²) in [6.07, 6.45) is 5.03. The number of nitrogens with one attached hydrogen (secondary N) is 2. The first kappa shape index (κ1) is 18.3. The molecule has 0 aliphatic heterocycles. The van der Waals surface area contributed by atoms with E-state index in [1.54, 1.807) is 43.3 Å². The maximum Gasteiger partial charge on any atom is 0.271 e. The van der Waals surface area contributed by atoms with Crippen LogP contribution in [0.2, 0.25) is 0 Å². The van der Waals surface area contributed by atoms with Crippen LogP contribution in [0.3, 0.4) is 0 Å². The van der Waals surface area contributed by atoms with E-state index in [0.29, 0.717) is 17.3 Å². The normalized spacial score (nSPS) is 13.4. The zero-order valence-corrected chi connectivity index (χ0v) is 14.8. The second-order valence-electron chi connectivity index (χ2n) is 6.45. The van der Waals surface area contributed by atoms with Gasteiger partial charge < -0.3 is 10.6 Å². The third-order valence-corrected chi connectivity index (χ3v) is 4.20. The molecule has 3 rings (SSSR count). The van der Waals surface area contributed by atoms with Crippen molar-refractivity contribution in [2.75, 3.05) is 5.32 Å². The molecule has 1 aliphatic rings. The molecule has 2 aromatic rings. The summed E-state index contributed by atoms with van der Waals surface area (Å²) in [5.41, 5.74) is 2.39. The maximum atomic E-state index is 12.1. The number of hydrogen-bond donors (Lipinski definition) is 2. The van der Waals surface area contributed by atoms with Crippen molar-refractivity contribution in [3.05, 3.63) is 75.3 Å². The van der Waals surface area contributed by atoms with Crippen LogP contribution < -0.4 is 10.6 Å². The van der Waals surface area contributed by atoms with E-state index in [1.807, 2.05) is 0 Å². The second kappa shape index (κ2) is 7.82. The lowest BCUT2D eigenvalue weighted by atomic mass is 10.1. The van der Waals surface area contributed by atoms with E-state index in [1.165, 1.54) is 18.2 Å². The Labute approximate surface area is 156 Å². The number of nitro benzene ring substituents is 1. The number of hydrogen-bond acceptors (Lipinski definition) is 4. The number of carbonyl (C=O) groups is 2. The monoisotopic (exact) mass is 365 g/mol. The molecule has 0 spiro atoms. The lowest BCUT2D eigenvalue weighted by Crippen LogP contribution is -2.25. The molecule has 1 saturated carbocycles. The average Bonchev–Trinajstić information content (AvgIpc) is 3.46. The fraction of sp³-hybridized carbons (Fsp3) is 0.200. The number of amides is 2. The standard InChI is InChI=1S/C20H19N3O4/c1-13-2-10-17(23(26)27)12-18(13)22-19(24)11-5-14-3-6-15(7-4-14)20(25)21-16-8-9-16/h2-7,10-12,16H,8-9H2,1H3,(H,21,25)(H,22,24). The van der Waals surface area contributed by atoms with E-state index in [9.17, 15) is 19.7 Å². The molecule has 7 heteroatoms. The highest BCUT2D eigenvalue weighted by Crippen LogP contribution is 2.22. The highest BCUT2D eigenvalue weighted by Gasteiger charge is 2.23. The number of carbonyl (C=O) groups excluding carboxylic acids is 2. The quantitative estimate of drug-likeness (QED) is 0.465. The van der Waals surface area contributed by atoms with E-state index in [4.69, 9.17) is 0 Å². The van der Waals surface area contributed by atoms with Crippen LogP contribution in [0.15, 0.2) is 48.5 Å². The van der Waals surface area contributed by atoms with Gasteiger partial charge in [-0.1, -0.05) is 18.2 Å². The van der Waals surface area contributed by atoms with Gasteiger partial charge in [0.2, 0.25) is 5.91 Å². The first-order valence-corrected chi connectivity index (χ1v) is 8.57. The molecule has 27 heavy (non-hydrogen) atoms. The summed E-state index contributed by atoms with van der Waals surface area (Å²) in [5, 5.41) is 16.4. The summed E-state index contributed by atoms with van der Waals surface area (Å²) in [4.78, 5) is 34.4. The summed E-state index contributed by atoms with van der Waals surface area (Å²) in [7, 11) is 0. The Kier molecular flexibility index (Phi) is 5.30. The lowest BCUT2D eigenvalue weighted by molar-refractivity contribution is -0.384. The van der Waals surface area contributed by atoms with Crippen LogP contribution in [-0.4, -0.2) is 22.8 Å². The average molecular weight is 365 g/mol. The number of aryl methyl sites for hydroxylation is 1. The van der Waals surface area contributed by atoms with Gasteiger partial charge in [0.1, 0.15) is 0 Å². The van der Waals surface area contributed by atoms with Gasteiger partial charge >= 0.3 is 0 Å². The molecule has 0 radical (unpaired) electrons. The fourth-order valence-corrected chi connectivity index (χ4v) is 2.45. The minimum absolute atomic E-state index is 0.0834. The van der Waals surface area contributed by atoms with Crippen molar-refractivity contribution in [1.82, 2.24) is 5.32 Å². The zero-order valence-electron chi connectivity index (χ0n) is 14.8. The van der Waals surface area contributed by atoms with Crippen molar-refractivity contribution in [1.29, 1.82) is 0 Å². The Hall–Kier alpha value is -3.48. The van der Waals surface area contributed by atoms with E-state index < -0.39 is 10.8 Å². The van der Waals surface area contributed by atoms with E-state index >= 15 is 0 Å². The molecule has 0 heterocycles. The third kappa shape index (κ3) is 5.01. The summed E-state index contributed by atoms with van der Waals surface area (Å²) < 4.78 is 0. The lowest BCUT2D eigenvalue weighted by Gasteiger charge is -2.06. The Morgan fingerprint density at radius 2 is 1.85 bits per heavy atom. The van der Waals surface area contributed by atoms with E-state index in [2.05, 4.69) is 10.6 Å². The van der Waals surface area contributed by atoms with Gasteiger partial charge in [0.05, 0.1) is 10.6 Å². The molecule has 0 saturated heterocycles. The molecule has 1 fully saturated rings. The van der Waals surface area contributed by atoms with E-state index in [0.717, 1.165) is 24.0 Å². The van der Waals surface area contributed by atoms with Crippen molar-refractivity contribution < 1.29 is 14.5 Å². The van der Waals surface area contributed by atoms with Crippen LogP contribution in [0.5, 0.6) is 0 Å².